The molecule has 9 heteroatoms. The van der Waals surface area contributed by atoms with Crippen molar-refractivity contribution in [2.45, 2.75) is 40.2 Å². The maximum atomic E-state index is 11.9. The molecule has 0 radical (unpaired) electrons. The summed E-state index contributed by atoms with van der Waals surface area (Å²) in [6.45, 7) is 9.04. The number of carbonyl (C=O) groups is 3. The Kier molecular flexibility index (Phi) is 6.33. The van der Waals surface area contributed by atoms with E-state index in [0.717, 1.165) is 5.69 Å². The second-order valence-corrected chi connectivity index (χ2v) is 6.31. The van der Waals surface area contributed by atoms with Crippen molar-refractivity contribution in [2.24, 2.45) is 7.05 Å². The molecule has 0 spiro atoms. The zero-order valence-corrected chi connectivity index (χ0v) is 14.9. The Hall–Kier alpha value is -2.58. The fourth-order valence-electron chi connectivity index (χ4n) is 1.86. The van der Waals surface area contributed by atoms with Gasteiger partial charge in [0.25, 0.3) is 0 Å². The Labute approximate surface area is 141 Å². The zero-order valence-electron chi connectivity index (χ0n) is 14.9. The number of aryl methyl sites for hydroxylation is 2. The summed E-state index contributed by atoms with van der Waals surface area (Å²) in [5, 5.41) is 11.6. The smallest absolute Gasteiger partial charge is 0.407 e. The number of nitrogens with zero attached hydrogens (tertiary/aromatic N) is 2. The van der Waals surface area contributed by atoms with Gasteiger partial charge in [-0.3, -0.25) is 14.3 Å². The van der Waals surface area contributed by atoms with Crippen molar-refractivity contribution in [3.63, 3.8) is 0 Å². The minimum Gasteiger partial charge on any atom is -0.444 e. The van der Waals surface area contributed by atoms with Gasteiger partial charge in [-0.25, -0.2) is 4.79 Å². The van der Waals surface area contributed by atoms with E-state index in [0.29, 0.717) is 11.4 Å². The van der Waals surface area contributed by atoms with Gasteiger partial charge in [0.2, 0.25) is 0 Å². The monoisotopic (exact) mass is 339 g/mol. The number of hydrogen-bond acceptors (Lipinski definition) is 5. The van der Waals surface area contributed by atoms with Crippen molar-refractivity contribution >= 4 is 23.6 Å². The van der Waals surface area contributed by atoms with Gasteiger partial charge in [-0.15, -0.1) is 0 Å². The van der Waals surface area contributed by atoms with Gasteiger partial charge in [-0.2, -0.15) is 5.10 Å². The Balaban J connectivity index is 2.38. The van der Waals surface area contributed by atoms with Crippen LogP contribution in [0.2, 0.25) is 0 Å². The molecule has 9 nitrogen and oxygen atoms in total. The molecule has 0 saturated carbocycles. The maximum Gasteiger partial charge on any atom is 0.407 e. The number of anilines is 1. The summed E-state index contributed by atoms with van der Waals surface area (Å²) in [5.41, 5.74) is 1.31. The largest absolute Gasteiger partial charge is 0.444 e. The van der Waals surface area contributed by atoms with E-state index >= 15 is 0 Å². The van der Waals surface area contributed by atoms with Crippen LogP contribution in [0, 0.1) is 13.8 Å². The molecule has 3 N–H and O–H groups in total. The van der Waals surface area contributed by atoms with Gasteiger partial charge < -0.3 is 20.7 Å². The van der Waals surface area contributed by atoms with Crippen LogP contribution in [0.5, 0.6) is 0 Å². The Morgan fingerprint density at radius 3 is 2.17 bits per heavy atom. The summed E-state index contributed by atoms with van der Waals surface area (Å²) in [4.78, 5) is 35.0. The third-order valence-corrected chi connectivity index (χ3v) is 3.03. The first kappa shape index (κ1) is 19.5. The van der Waals surface area contributed by atoms with E-state index in [2.05, 4.69) is 21.0 Å². The highest BCUT2D eigenvalue weighted by Gasteiger charge is 2.18. The number of aromatic nitrogens is 2. The van der Waals surface area contributed by atoms with E-state index in [1.54, 1.807) is 46.3 Å². The normalized spacial score (nSPS) is 10.9. The average molecular weight is 339 g/mol. The van der Waals surface area contributed by atoms with Gasteiger partial charge in [-0.1, -0.05) is 0 Å². The van der Waals surface area contributed by atoms with Crippen LogP contribution in [-0.2, 0) is 21.4 Å². The molecule has 3 amide bonds. The minimum atomic E-state index is -0.788. The number of hydrogen-bond donors (Lipinski definition) is 3. The number of alkyl carbamates (subject to hydrolysis) is 1. The first-order chi connectivity index (χ1) is 11.0. The predicted octanol–water partition coefficient (Wildman–Crippen LogP) is 0.616. The molecule has 134 valence electrons. The molecule has 24 heavy (non-hydrogen) atoms. The standard InChI is InChI=1S/C15H25N5O4/c1-9-11(10(2)20(6)19-9)18-13(22)12(21)16-7-8-17-14(23)24-15(3,4)5/h7-8H2,1-6H3,(H,16,21)(H,17,23)(H,18,22). The van der Waals surface area contributed by atoms with Crippen LogP contribution < -0.4 is 16.0 Å². The van der Waals surface area contributed by atoms with Gasteiger partial charge in [-0.05, 0) is 34.6 Å². The lowest BCUT2D eigenvalue weighted by Crippen LogP contribution is -2.41. The summed E-state index contributed by atoms with van der Waals surface area (Å²) in [7, 11) is 1.75. The lowest BCUT2D eigenvalue weighted by Gasteiger charge is -2.19. The van der Waals surface area contributed by atoms with Crippen molar-refractivity contribution in [1.29, 1.82) is 0 Å². The molecule has 1 heterocycles. The maximum absolute atomic E-state index is 11.9. The molecule has 1 aromatic rings. The fourth-order valence-corrected chi connectivity index (χ4v) is 1.86. The highest BCUT2D eigenvalue weighted by molar-refractivity contribution is 6.39. The van der Waals surface area contributed by atoms with Crippen molar-refractivity contribution in [3.05, 3.63) is 11.4 Å². The van der Waals surface area contributed by atoms with E-state index in [1.807, 2.05) is 0 Å². The number of ether oxygens (including phenoxy) is 1. The molecule has 0 atom stereocenters. The Morgan fingerprint density at radius 1 is 1.08 bits per heavy atom. The molecule has 1 aromatic heterocycles. The molecular weight excluding hydrogens is 314 g/mol. The van der Waals surface area contributed by atoms with Crippen LogP contribution in [0.4, 0.5) is 10.5 Å². The van der Waals surface area contributed by atoms with Crippen LogP contribution in [0.15, 0.2) is 0 Å². The summed E-state index contributed by atoms with van der Waals surface area (Å²) in [5.74, 6) is -1.57. The molecule has 0 aliphatic carbocycles. The van der Waals surface area contributed by atoms with Crippen molar-refractivity contribution in [2.75, 3.05) is 18.4 Å². The predicted molar refractivity (Wildman–Crippen MR) is 88.6 cm³/mol. The molecule has 0 unspecified atom stereocenters. The van der Waals surface area contributed by atoms with Crippen molar-refractivity contribution in [1.82, 2.24) is 20.4 Å². The second kappa shape index (κ2) is 7.80. The van der Waals surface area contributed by atoms with Crippen molar-refractivity contribution < 1.29 is 19.1 Å². The molecule has 1 rings (SSSR count). The van der Waals surface area contributed by atoms with Gasteiger partial charge in [0, 0.05) is 20.1 Å². The van der Waals surface area contributed by atoms with Crippen molar-refractivity contribution in [3.8, 4) is 0 Å². The number of rotatable bonds is 4. The molecule has 0 saturated heterocycles. The summed E-state index contributed by atoms with van der Waals surface area (Å²) in [6, 6.07) is 0. The average Bonchev–Trinajstić information content (AvgIpc) is 2.68. The van der Waals surface area contributed by atoms with E-state index < -0.39 is 23.5 Å². The quantitative estimate of drug-likeness (QED) is 0.549. The van der Waals surface area contributed by atoms with Gasteiger partial charge >= 0.3 is 17.9 Å². The molecular formula is C15H25N5O4. The van der Waals surface area contributed by atoms with Crippen LogP contribution in [-0.4, -0.2) is 46.4 Å². The van der Waals surface area contributed by atoms with Gasteiger partial charge in [0.1, 0.15) is 5.60 Å². The van der Waals surface area contributed by atoms with E-state index in [1.165, 1.54) is 0 Å². The highest BCUT2D eigenvalue weighted by atomic mass is 16.6. The topological polar surface area (TPSA) is 114 Å². The molecule has 0 aliphatic rings. The third kappa shape index (κ3) is 5.90. The minimum absolute atomic E-state index is 0.108. The third-order valence-electron chi connectivity index (χ3n) is 3.03. The Morgan fingerprint density at radius 2 is 1.67 bits per heavy atom. The first-order valence-electron chi connectivity index (χ1n) is 7.57. The first-order valence-corrected chi connectivity index (χ1v) is 7.57. The summed E-state index contributed by atoms with van der Waals surface area (Å²) in [6.07, 6.45) is -0.581. The molecule has 0 fully saturated rings. The summed E-state index contributed by atoms with van der Waals surface area (Å²) < 4.78 is 6.67. The lowest BCUT2D eigenvalue weighted by atomic mass is 10.2. The van der Waals surface area contributed by atoms with Gasteiger partial charge in [0.15, 0.2) is 0 Å². The molecule has 0 aromatic carbocycles. The zero-order chi connectivity index (χ0) is 18.5. The van der Waals surface area contributed by atoms with Gasteiger partial charge in [0.05, 0.1) is 17.1 Å². The summed E-state index contributed by atoms with van der Waals surface area (Å²) >= 11 is 0. The van der Waals surface area contributed by atoms with Crippen LogP contribution >= 0.6 is 0 Å². The van der Waals surface area contributed by atoms with Crippen LogP contribution in [0.25, 0.3) is 0 Å². The van der Waals surface area contributed by atoms with E-state index in [-0.39, 0.29) is 13.1 Å². The fraction of sp³-hybridized carbons (Fsp3) is 0.600. The second-order valence-electron chi connectivity index (χ2n) is 6.31. The van der Waals surface area contributed by atoms with E-state index in [9.17, 15) is 14.4 Å². The lowest BCUT2D eigenvalue weighted by molar-refractivity contribution is -0.136. The number of nitrogens with one attached hydrogen (secondary N) is 3. The number of amides is 3. The van der Waals surface area contributed by atoms with Crippen LogP contribution in [0.1, 0.15) is 32.2 Å². The van der Waals surface area contributed by atoms with E-state index in [4.69, 9.17) is 4.74 Å². The Bertz CT molecular complexity index is 631. The van der Waals surface area contributed by atoms with Crippen LogP contribution in [0.3, 0.4) is 0 Å². The number of carbonyl (C=O) groups excluding carboxylic acids is 3. The highest BCUT2D eigenvalue weighted by Crippen LogP contribution is 2.17. The molecule has 0 bridgehead atoms. The SMILES string of the molecule is Cc1nn(C)c(C)c1NC(=O)C(=O)NCCNC(=O)OC(C)(C)C. The molecule has 0 aliphatic heterocycles.